The minimum absolute atomic E-state index is 0.125. The molecular weight excluding hydrogens is 285 g/mol. The van der Waals surface area contributed by atoms with E-state index in [9.17, 15) is 22.8 Å². The van der Waals surface area contributed by atoms with Crippen molar-refractivity contribution < 1.29 is 22.8 Å². The van der Waals surface area contributed by atoms with Gasteiger partial charge in [-0.2, -0.15) is 13.2 Å². The Morgan fingerprint density at radius 3 is 2.38 bits per heavy atom. The molecule has 0 aromatic heterocycles. The molecule has 0 saturated carbocycles. The summed E-state index contributed by atoms with van der Waals surface area (Å²) < 4.78 is 39.0. The Morgan fingerprint density at radius 1 is 1.19 bits per heavy atom. The Balaban J connectivity index is 2.39. The molecule has 0 N–H and O–H groups in total. The van der Waals surface area contributed by atoms with Gasteiger partial charge in [0.1, 0.15) is 6.54 Å². The van der Waals surface area contributed by atoms with E-state index in [1.807, 2.05) is 13.8 Å². The Bertz CT molecular complexity index is 570. The van der Waals surface area contributed by atoms with Gasteiger partial charge in [0.05, 0.1) is 11.3 Å². The molecule has 114 valence electrons. The van der Waals surface area contributed by atoms with E-state index in [-0.39, 0.29) is 12.5 Å². The molecule has 0 atom stereocenters. The fourth-order valence-electron chi connectivity index (χ4n) is 2.28. The summed E-state index contributed by atoms with van der Waals surface area (Å²) in [4.78, 5) is 26.0. The van der Waals surface area contributed by atoms with Gasteiger partial charge in [-0.25, -0.2) is 9.69 Å². The molecule has 1 aromatic carbocycles. The van der Waals surface area contributed by atoms with E-state index in [0.29, 0.717) is 11.4 Å². The lowest BCUT2D eigenvalue weighted by molar-refractivity contribution is -0.137. The van der Waals surface area contributed by atoms with Crippen molar-refractivity contribution in [3.63, 3.8) is 0 Å². The quantitative estimate of drug-likeness (QED) is 0.805. The van der Waals surface area contributed by atoms with Crippen LogP contribution in [0.15, 0.2) is 24.3 Å². The van der Waals surface area contributed by atoms with Gasteiger partial charge in [-0.15, -0.1) is 0 Å². The van der Waals surface area contributed by atoms with Crippen molar-refractivity contribution in [1.29, 1.82) is 0 Å². The maximum atomic E-state index is 13.0. The highest BCUT2D eigenvalue weighted by Gasteiger charge is 2.42. The second-order valence-electron chi connectivity index (χ2n) is 5.30. The summed E-state index contributed by atoms with van der Waals surface area (Å²) >= 11 is 0. The van der Waals surface area contributed by atoms with Crippen LogP contribution in [0.4, 0.5) is 23.7 Å². The SMILES string of the molecule is CC(C)CN1CC(=O)N(c2ccccc2C(F)(F)F)C1=O. The standard InChI is InChI=1S/C14H15F3N2O2/c1-9(2)7-18-8-12(20)19(13(18)21)11-6-4-3-5-10(11)14(15,16)17/h3-6,9H,7-8H2,1-2H3. The topological polar surface area (TPSA) is 40.6 Å². The maximum Gasteiger partial charge on any atom is 0.418 e. The maximum absolute atomic E-state index is 13.0. The van der Waals surface area contributed by atoms with E-state index in [1.165, 1.54) is 17.0 Å². The number of anilines is 1. The van der Waals surface area contributed by atoms with Gasteiger partial charge >= 0.3 is 12.2 Å². The smallest absolute Gasteiger partial charge is 0.314 e. The van der Waals surface area contributed by atoms with Crippen LogP contribution in [0.1, 0.15) is 19.4 Å². The second-order valence-corrected chi connectivity index (χ2v) is 5.30. The molecule has 1 aliphatic rings. The van der Waals surface area contributed by atoms with Gasteiger partial charge in [0.15, 0.2) is 0 Å². The van der Waals surface area contributed by atoms with E-state index in [0.717, 1.165) is 12.1 Å². The highest BCUT2D eigenvalue weighted by Crippen LogP contribution is 2.37. The Hall–Kier alpha value is -2.05. The number of carbonyl (C=O) groups is 2. The zero-order valence-corrected chi connectivity index (χ0v) is 11.6. The minimum atomic E-state index is -4.62. The summed E-state index contributed by atoms with van der Waals surface area (Å²) in [7, 11) is 0. The van der Waals surface area contributed by atoms with Gasteiger partial charge in [-0.1, -0.05) is 26.0 Å². The Morgan fingerprint density at radius 2 is 1.81 bits per heavy atom. The number of amides is 3. The van der Waals surface area contributed by atoms with Crippen LogP contribution in [-0.2, 0) is 11.0 Å². The van der Waals surface area contributed by atoms with E-state index >= 15 is 0 Å². The first-order chi connectivity index (χ1) is 9.71. The number of carbonyl (C=O) groups excluding carboxylic acids is 2. The van der Waals surface area contributed by atoms with Gasteiger partial charge in [0.25, 0.3) is 5.91 Å². The minimum Gasteiger partial charge on any atom is -0.314 e. The summed E-state index contributed by atoms with van der Waals surface area (Å²) in [6, 6.07) is 3.89. The van der Waals surface area contributed by atoms with Crippen molar-refractivity contribution in [3.8, 4) is 0 Å². The van der Waals surface area contributed by atoms with Crippen LogP contribution in [0, 0.1) is 5.92 Å². The molecule has 2 rings (SSSR count). The Labute approximate surface area is 120 Å². The molecule has 0 bridgehead atoms. The molecule has 1 saturated heterocycles. The molecule has 1 heterocycles. The molecule has 0 radical (unpaired) electrons. The number of hydrogen-bond donors (Lipinski definition) is 0. The van der Waals surface area contributed by atoms with Crippen molar-refractivity contribution in [3.05, 3.63) is 29.8 Å². The monoisotopic (exact) mass is 300 g/mol. The fourth-order valence-corrected chi connectivity index (χ4v) is 2.28. The molecule has 1 aliphatic heterocycles. The fraction of sp³-hybridized carbons (Fsp3) is 0.429. The molecule has 21 heavy (non-hydrogen) atoms. The van der Waals surface area contributed by atoms with Crippen LogP contribution < -0.4 is 4.90 Å². The normalized spacial score (nSPS) is 16.3. The first-order valence-corrected chi connectivity index (χ1v) is 6.50. The zero-order chi connectivity index (χ0) is 15.8. The third-order valence-corrected chi connectivity index (χ3v) is 3.07. The van der Waals surface area contributed by atoms with Crippen molar-refractivity contribution >= 4 is 17.6 Å². The lowest BCUT2D eigenvalue weighted by atomic mass is 10.1. The van der Waals surface area contributed by atoms with Crippen LogP contribution in [0.5, 0.6) is 0 Å². The first kappa shape index (κ1) is 15.3. The molecule has 0 unspecified atom stereocenters. The summed E-state index contributed by atoms with van der Waals surface area (Å²) in [6.07, 6.45) is -4.62. The van der Waals surface area contributed by atoms with Crippen molar-refractivity contribution in [2.24, 2.45) is 5.92 Å². The molecule has 0 aliphatic carbocycles. The summed E-state index contributed by atoms with van der Waals surface area (Å²) in [6.45, 7) is 3.87. The average Bonchev–Trinajstić information content (AvgIpc) is 2.62. The first-order valence-electron chi connectivity index (χ1n) is 6.50. The molecular formula is C14H15F3N2O2. The third kappa shape index (κ3) is 3.01. The molecule has 0 spiro atoms. The number of benzene rings is 1. The number of alkyl halides is 3. The predicted molar refractivity (Wildman–Crippen MR) is 70.7 cm³/mol. The van der Waals surface area contributed by atoms with Gasteiger partial charge in [0.2, 0.25) is 0 Å². The van der Waals surface area contributed by atoms with Crippen LogP contribution in [0.3, 0.4) is 0 Å². The number of para-hydroxylation sites is 1. The van der Waals surface area contributed by atoms with Gasteiger partial charge in [-0.3, -0.25) is 4.79 Å². The van der Waals surface area contributed by atoms with E-state index < -0.39 is 29.4 Å². The van der Waals surface area contributed by atoms with Crippen LogP contribution >= 0.6 is 0 Å². The number of halogens is 3. The van der Waals surface area contributed by atoms with Gasteiger partial charge in [0, 0.05) is 6.54 Å². The lowest BCUT2D eigenvalue weighted by Gasteiger charge is -2.21. The molecule has 7 heteroatoms. The van der Waals surface area contributed by atoms with Crippen molar-refractivity contribution in [1.82, 2.24) is 4.90 Å². The van der Waals surface area contributed by atoms with Crippen molar-refractivity contribution in [2.45, 2.75) is 20.0 Å². The zero-order valence-electron chi connectivity index (χ0n) is 11.6. The largest absolute Gasteiger partial charge is 0.418 e. The molecule has 1 aromatic rings. The Kier molecular flexibility index (Phi) is 3.93. The average molecular weight is 300 g/mol. The lowest BCUT2D eigenvalue weighted by Crippen LogP contribution is -2.35. The van der Waals surface area contributed by atoms with Crippen LogP contribution in [-0.4, -0.2) is 29.9 Å². The summed E-state index contributed by atoms with van der Waals surface area (Å²) in [5.74, 6) is -0.517. The van der Waals surface area contributed by atoms with Gasteiger partial charge in [-0.05, 0) is 18.1 Å². The second kappa shape index (κ2) is 5.38. The molecule has 1 fully saturated rings. The highest BCUT2D eigenvalue weighted by atomic mass is 19.4. The van der Waals surface area contributed by atoms with E-state index in [4.69, 9.17) is 0 Å². The summed E-state index contributed by atoms with van der Waals surface area (Å²) in [5, 5.41) is 0. The van der Waals surface area contributed by atoms with Crippen LogP contribution in [0.25, 0.3) is 0 Å². The van der Waals surface area contributed by atoms with Crippen molar-refractivity contribution in [2.75, 3.05) is 18.0 Å². The van der Waals surface area contributed by atoms with E-state index in [2.05, 4.69) is 0 Å². The van der Waals surface area contributed by atoms with Crippen LogP contribution in [0.2, 0.25) is 0 Å². The molecule has 4 nitrogen and oxygen atoms in total. The third-order valence-electron chi connectivity index (χ3n) is 3.07. The van der Waals surface area contributed by atoms with E-state index in [1.54, 1.807) is 0 Å². The number of imide groups is 1. The predicted octanol–water partition coefficient (Wildman–Crippen LogP) is 3.13. The van der Waals surface area contributed by atoms with Gasteiger partial charge < -0.3 is 4.90 Å². The number of urea groups is 1. The molecule has 3 amide bonds. The highest BCUT2D eigenvalue weighted by molar-refractivity contribution is 6.20. The number of hydrogen-bond acceptors (Lipinski definition) is 2. The summed E-state index contributed by atoms with van der Waals surface area (Å²) in [5.41, 5.74) is -1.40. The number of rotatable bonds is 3. The number of nitrogens with zero attached hydrogens (tertiary/aromatic N) is 2.